The SMILES string of the molecule is O=C(O)CCCCSSc1ccncc1. The third-order valence-electron chi connectivity index (χ3n) is 1.67. The van der Waals surface area contributed by atoms with Crippen LogP contribution in [-0.2, 0) is 4.79 Å². The van der Waals surface area contributed by atoms with Gasteiger partial charge in [0.1, 0.15) is 0 Å². The average molecular weight is 243 g/mol. The molecule has 0 saturated heterocycles. The zero-order valence-corrected chi connectivity index (χ0v) is 9.89. The Kier molecular flexibility index (Phi) is 6.27. The van der Waals surface area contributed by atoms with Gasteiger partial charge in [0.2, 0.25) is 0 Å². The average Bonchev–Trinajstić information content (AvgIpc) is 2.24. The molecule has 1 aromatic rings. The van der Waals surface area contributed by atoms with E-state index in [1.807, 2.05) is 12.1 Å². The number of aliphatic carboxylic acids is 1. The molecule has 0 aromatic carbocycles. The van der Waals surface area contributed by atoms with E-state index in [9.17, 15) is 4.79 Å². The minimum Gasteiger partial charge on any atom is -0.481 e. The summed E-state index contributed by atoms with van der Waals surface area (Å²) in [7, 11) is 3.46. The van der Waals surface area contributed by atoms with Crippen molar-refractivity contribution in [2.24, 2.45) is 0 Å². The van der Waals surface area contributed by atoms with Crippen LogP contribution in [-0.4, -0.2) is 21.8 Å². The molecule has 15 heavy (non-hydrogen) atoms. The Balaban J connectivity index is 2.00. The summed E-state index contributed by atoms with van der Waals surface area (Å²) in [5, 5.41) is 8.43. The van der Waals surface area contributed by atoms with Gasteiger partial charge >= 0.3 is 5.97 Å². The van der Waals surface area contributed by atoms with Crippen LogP contribution < -0.4 is 0 Å². The fourth-order valence-electron chi connectivity index (χ4n) is 0.941. The number of carboxylic acids is 1. The summed E-state index contributed by atoms with van der Waals surface area (Å²) in [5.74, 6) is 0.280. The highest BCUT2D eigenvalue weighted by atomic mass is 33.1. The lowest BCUT2D eigenvalue weighted by Crippen LogP contribution is -1.93. The van der Waals surface area contributed by atoms with Crippen LogP contribution in [0.1, 0.15) is 19.3 Å². The van der Waals surface area contributed by atoms with Crippen LogP contribution in [0.3, 0.4) is 0 Å². The molecule has 82 valence electrons. The summed E-state index contributed by atoms with van der Waals surface area (Å²) in [6, 6.07) is 3.93. The van der Waals surface area contributed by atoms with E-state index >= 15 is 0 Å². The monoisotopic (exact) mass is 243 g/mol. The Morgan fingerprint density at radius 1 is 1.33 bits per heavy atom. The topological polar surface area (TPSA) is 50.2 Å². The maximum absolute atomic E-state index is 10.2. The van der Waals surface area contributed by atoms with Crippen molar-refractivity contribution in [3.8, 4) is 0 Å². The van der Waals surface area contributed by atoms with Crippen molar-refractivity contribution < 1.29 is 9.90 Å². The smallest absolute Gasteiger partial charge is 0.303 e. The molecule has 0 saturated carbocycles. The quantitative estimate of drug-likeness (QED) is 0.589. The van der Waals surface area contributed by atoms with Gasteiger partial charge < -0.3 is 5.11 Å². The van der Waals surface area contributed by atoms with E-state index in [4.69, 9.17) is 5.11 Å². The number of carboxylic acid groups (broad SMARTS) is 1. The molecule has 0 radical (unpaired) electrons. The molecule has 1 N–H and O–H groups in total. The molecule has 1 heterocycles. The van der Waals surface area contributed by atoms with Crippen molar-refractivity contribution in [3.63, 3.8) is 0 Å². The van der Waals surface area contributed by atoms with Crippen LogP contribution >= 0.6 is 21.6 Å². The van der Waals surface area contributed by atoms with Crippen molar-refractivity contribution in [2.75, 3.05) is 5.75 Å². The van der Waals surface area contributed by atoms with Crippen molar-refractivity contribution in [2.45, 2.75) is 24.2 Å². The molecule has 0 spiro atoms. The van der Waals surface area contributed by atoms with Gasteiger partial charge in [-0.1, -0.05) is 21.6 Å². The Bertz CT molecular complexity index is 293. The lowest BCUT2D eigenvalue weighted by atomic mass is 10.3. The Morgan fingerprint density at radius 3 is 2.73 bits per heavy atom. The number of carbonyl (C=O) groups is 1. The van der Waals surface area contributed by atoms with Gasteiger partial charge in [-0.2, -0.15) is 0 Å². The van der Waals surface area contributed by atoms with Gasteiger partial charge in [-0.3, -0.25) is 9.78 Å². The first kappa shape index (κ1) is 12.4. The molecule has 0 amide bonds. The number of nitrogens with zero attached hydrogens (tertiary/aromatic N) is 1. The van der Waals surface area contributed by atoms with Gasteiger partial charge in [-0.25, -0.2) is 0 Å². The fourth-order valence-corrected chi connectivity index (χ4v) is 3.06. The Morgan fingerprint density at radius 2 is 2.07 bits per heavy atom. The van der Waals surface area contributed by atoms with Gasteiger partial charge in [0.05, 0.1) is 0 Å². The van der Waals surface area contributed by atoms with Crippen molar-refractivity contribution in [1.29, 1.82) is 0 Å². The van der Waals surface area contributed by atoms with Crippen molar-refractivity contribution >= 4 is 27.6 Å². The molecule has 3 nitrogen and oxygen atoms in total. The molecule has 0 fully saturated rings. The van der Waals surface area contributed by atoms with Gasteiger partial charge in [-0.15, -0.1) is 0 Å². The maximum atomic E-state index is 10.2. The van der Waals surface area contributed by atoms with E-state index < -0.39 is 5.97 Å². The van der Waals surface area contributed by atoms with Crippen LogP contribution in [0.4, 0.5) is 0 Å². The van der Waals surface area contributed by atoms with Crippen molar-refractivity contribution in [3.05, 3.63) is 24.5 Å². The number of aromatic nitrogens is 1. The van der Waals surface area contributed by atoms with Gasteiger partial charge in [0, 0.05) is 29.5 Å². The molecule has 0 atom stereocenters. The second-order valence-electron chi connectivity index (χ2n) is 2.94. The molecular formula is C10H13NO2S2. The highest BCUT2D eigenvalue weighted by Crippen LogP contribution is 2.30. The second kappa shape index (κ2) is 7.59. The lowest BCUT2D eigenvalue weighted by Gasteiger charge is -1.99. The minimum absolute atomic E-state index is 0.278. The first-order valence-corrected chi connectivity index (χ1v) is 7.02. The highest BCUT2D eigenvalue weighted by molar-refractivity contribution is 8.76. The summed E-state index contributed by atoms with van der Waals surface area (Å²) in [6.07, 6.45) is 5.54. The normalized spacial score (nSPS) is 10.1. The van der Waals surface area contributed by atoms with Crippen LogP contribution in [0.25, 0.3) is 0 Å². The summed E-state index contributed by atoms with van der Waals surface area (Å²) in [6.45, 7) is 0. The maximum Gasteiger partial charge on any atom is 0.303 e. The van der Waals surface area contributed by atoms with Gasteiger partial charge in [0.25, 0.3) is 0 Å². The Labute approximate surface area is 97.1 Å². The first-order chi connectivity index (χ1) is 7.29. The first-order valence-electron chi connectivity index (χ1n) is 4.70. The molecule has 0 aliphatic heterocycles. The van der Waals surface area contributed by atoms with Crippen LogP contribution in [0, 0.1) is 0 Å². The van der Waals surface area contributed by atoms with Crippen LogP contribution in [0.15, 0.2) is 29.4 Å². The van der Waals surface area contributed by atoms with E-state index in [1.165, 1.54) is 4.90 Å². The predicted octanol–water partition coefficient (Wildman–Crippen LogP) is 3.08. The number of rotatable bonds is 7. The Hall–Kier alpha value is -0.680. The molecule has 0 aliphatic rings. The fraction of sp³-hybridized carbons (Fsp3) is 0.400. The molecule has 5 heteroatoms. The molecule has 0 bridgehead atoms. The molecule has 1 rings (SSSR count). The standard InChI is InChI=1S/C10H13NO2S2/c12-10(13)3-1-2-8-14-15-9-4-6-11-7-5-9/h4-7H,1-3,8H2,(H,12,13). The molecule has 1 aromatic heterocycles. The highest BCUT2D eigenvalue weighted by Gasteiger charge is 1.97. The molecule has 0 aliphatic carbocycles. The number of hydrogen-bond donors (Lipinski definition) is 1. The van der Waals surface area contributed by atoms with Crippen LogP contribution in [0.5, 0.6) is 0 Å². The van der Waals surface area contributed by atoms with Crippen molar-refractivity contribution in [1.82, 2.24) is 4.98 Å². The van der Waals surface area contributed by atoms with Gasteiger partial charge in [-0.05, 0) is 25.0 Å². The summed E-state index contributed by atoms with van der Waals surface area (Å²) in [4.78, 5) is 15.4. The number of pyridine rings is 1. The summed E-state index contributed by atoms with van der Waals surface area (Å²) < 4.78 is 0. The van der Waals surface area contributed by atoms with E-state index in [2.05, 4.69) is 4.98 Å². The lowest BCUT2D eigenvalue weighted by molar-refractivity contribution is -0.137. The van der Waals surface area contributed by atoms with Gasteiger partial charge in [0.15, 0.2) is 0 Å². The third-order valence-corrected chi connectivity index (χ3v) is 4.14. The second-order valence-corrected chi connectivity index (χ2v) is 5.43. The molecular weight excluding hydrogens is 230 g/mol. The van der Waals surface area contributed by atoms with E-state index in [0.717, 1.165) is 18.6 Å². The van der Waals surface area contributed by atoms with Crippen LogP contribution in [0.2, 0.25) is 0 Å². The largest absolute Gasteiger partial charge is 0.481 e. The number of hydrogen-bond acceptors (Lipinski definition) is 4. The summed E-state index contributed by atoms with van der Waals surface area (Å²) >= 11 is 0. The zero-order valence-electron chi connectivity index (χ0n) is 8.26. The van der Waals surface area contributed by atoms with E-state index in [-0.39, 0.29) is 6.42 Å². The zero-order chi connectivity index (χ0) is 10.9. The number of unbranched alkanes of at least 4 members (excludes halogenated alkanes) is 1. The predicted molar refractivity (Wildman–Crippen MR) is 64.0 cm³/mol. The molecule has 0 unspecified atom stereocenters. The third kappa shape index (κ3) is 6.41. The van der Waals surface area contributed by atoms with E-state index in [0.29, 0.717) is 0 Å². The minimum atomic E-state index is -0.707. The van der Waals surface area contributed by atoms with E-state index in [1.54, 1.807) is 34.0 Å². The summed E-state index contributed by atoms with van der Waals surface area (Å²) in [5.41, 5.74) is 0.